The van der Waals surface area contributed by atoms with Crippen molar-refractivity contribution < 1.29 is 9.47 Å². The Bertz CT molecular complexity index is 1150. The smallest absolute Gasteiger partial charge is 0.132 e. The number of aromatic amines is 1. The number of hydrogen-bond acceptors (Lipinski definition) is 4. The Morgan fingerprint density at radius 2 is 1.69 bits per heavy atom. The normalized spacial score (nSPS) is 10.9. The molecule has 0 spiro atoms. The van der Waals surface area contributed by atoms with E-state index in [9.17, 15) is 0 Å². The summed E-state index contributed by atoms with van der Waals surface area (Å²) in [5.41, 5.74) is 8.07. The van der Waals surface area contributed by atoms with Gasteiger partial charge in [0.2, 0.25) is 0 Å². The van der Waals surface area contributed by atoms with E-state index in [1.165, 1.54) is 16.8 Å². The molecule has 0 aliphatic carbocycles. The van der Waals surface area contributed by atoms with Crippen molar-refractivity contribution in [3.63, 3.8) is 0 Å². The van der Waals surface area contributed by atoms with Gasteiger partial charge in [0.1, 0.15) is 23.5 Å². The molecular weight excluding hydrogens is 364 g/mol. The summed E-state index contributed by atoms with van der Waals surface area (Å²) in [5, 5.41) is 7.61. The van der Waals surface area contributed by atoms with Crippen LogP contribution in [0.25, 0.3) is 28.3 Å². The molecule has 29 heavy (non-hydrogen) atoms. The highest BCUT2D eigenvalue weighted by Gasteiger charge is 2.17. The van der Waals surface area contributed by atoms with Crippen LogP contribution in [-0.2, 0) is 0 Å². The van der Waals surface area contributed by atoms with Crippen molar-refractivity contribution in [1.29, 1.82) is 0 Å². The summed E-state index contributed by atoms with van der Waals surface area (Å²) in [6.45, 7) is 6.31. The lowest BCUT2D eigenvalue weighted by Gasteiger charge is -2.12. The molecule has 148 valence electrons. The summed E-state index contributed by atoms with van der Waals surface area (Å²) in [7, 11) is 3.28. The zero-order valence-corrected chi connectivity index (χ0v) is 17.3. The summed E-state index contributed by atoms with van der Waals surface area (Å²) in [6, 6.07) is 14.0. The van der Waals surface area contributed by atoms with Gasteiger partial charge in [-0.25, -0.2) is 4.98 Å². The monoisotopic (exact) mass is 388 g/mol. The van der Waals surface area contributed by atoms with Gasteiger partial charge in [-0.15, -0.1) is 0 Å². The molecule has 0 saturated carbocycles. The van der Waals surface area contributed by atoms with Gasteiger partial charge in [-0.1, -0.05) is 18.2 Å². The average molecular weight is 388 g/mol. The summed E-state index contributed by atoms with van der Waals surface area (Å²) in [4.78, 5) is 4.66. The lowest BCUT2D eigenvalue weighted by Crippen LogP contribution is -2.00. The van der Waals surface area contributed by atoms with Crippen LogP contribution in [0.3, 0.4) is 0 Å². The van der Waals surface area contributed by atoms with Crippen molar-refractivity contribution in [3.05, 3.63) is 65.6 Å². The molecule has 4 rings (SSSR count). The van der Waals surface area contributed by atoms with Gasteiger partial charge in [-0.05, 0) is 50.1 Å². The molecule has 0 unspecified atom stereocenters. The summed E-state index contributed by atoms with van der Waals surface area (Å²) < 4.78 is 12.9. The molecule has 0 amide bonds. The number of para-hydroxylation sites is 1. The molecule has 6 heteroatoms. The van der Waals surface area contributed by atoms with E-state index >= 15 is 0 Å². The van der Waals surface area contributed by atoms with Crippen molar-refractivity contribution in [2.45, 2.75) is 20.8 Å². The van der Waals surface area contributed by atoms with Crippen LogP contribution in [0.1, 0.15) is 16.8 Å². The molecule has 0 bridgehead atoms. The van der Waals surface area contributed by atoms with E-state index in [2.05, 4.69) is 58.7 Å². The second kappa shape index (κ2) is 7.47. The molecular formula is C23H24N4O2. The third-order valence-electron chi connectivity index (χ3n) is 5.20. The Morgan fingerprint density at radius 3 is 2.38 bits per heavy atom. The number of rotatable bonds is 5. The van der Waals surface area contributed by atoms with Crippen LogP contribution in [0.2, 0.25) is 0 Å². The van der Waals surface area contributed by atoms with Crippen LogP contribution in [-0.4, -0.2) is 34.0 Å². The molecule has 0 saturated heterocycles. The Kier molecular flexibility index (Phi) is 4.84. The Morgan fingerprint density at radius 1 is 0.931 bits per heavy atom. The molecule has 0 aliphatic heterocycles. The zero-order valence-electron chi connectivity index (χ0n) is 17.3. The van der Waals surface area contributed by atoms with Gasteiger partial charge >= 0.3 is 0 Å². The van der Waals surface area contributed by atoms with Gasteiger partial charge in [0.25, 0.3) is 0 Å². The lowest BCUT2D eigenvalue weighted by atomic mass is 10.1. The number of nitrogens with one attached hydrogen (secondary N) is 1. The maximum absolute atomic E-state index is 5.52. The molecule has 0 radical (unpaired) electrons. The van der Waals surface area contributed by atoms with E-state index in [4.69, 9.17) is 9.47 Å². The van der Waals surface area contributed by atoms with Crippen molar-refractivity contribution in [2.24, 2.45) is 0 Å². The SMILES string of the molecule is COc1ccc(-c2cc(-c3ncn(-c4c(C)cccc4C)c3C)[nH]n2)c(OC)c1. The van der Waals surface area contributed by atoms with Gasteiger partial charge in [0.15, 0.2) is 0 Å². The molecule has 2 aromatic carbocycles. The van der Waals surface area contributed by atoms with E-state index in [1.54, 1.807) is 14.2 Å². The zero-order chi connectivity index (χ0) is 20.5. The van der Waals surface area contributed by atoms with E-state index < -0.39 is 0 Å². The van der Waals surface area contributed by atoms with Crippen LogP contribution in [0.5, 0.6) is 11.5 Å². The van der Waals surface area contributed by atoms with Gasteiger partial charge in [0.05, 0.1) is 31.3 Å². The maximum atomic E-state index is 5.52. The van der Waals surface area contributed by atoms with Crippen molar-refractivity contribution >= 4 is 0 Å². The second-order valence-corrected chi connectivity index (χ2v) is 7.02. The van der Waals surface area contributed by atoms with Crippen LogP contribution >= 0.6 is 0 Å². The molecule has 2 aromatic heterocycles. The van der Waals surface area contributed by atoms with Crippen molar-refractivity contribution in [1.82, 2.24) is 19.7 Å². The third kappa shape index (κ3) is 3.27. The highest BCUT2D eigenvalue weighted by atomic mass is 16.5. The predicted octanol–water partition coefficient (Wildman–Crippen LogP) is 4.87. The first-order valence-corrected chi connectivity index (χ1v) is 9.42. The second-order valence-electron chi connectivity index (χ2n) is 7.02. The van der Waals surface area contributed by atoms with Crippen molar-refractivity contribution in [2.75, 3.05) is 14.2 Å². The first-order valence-electron chi connectivity index (χ1n) is 9.42. The molecule has 0 atom stereocenters. The number of benzene rings is 2. The third-order valence-corrected chi connectivity index (χ3v) is 5.20. The molecule has 6 nitrogen and oxygen atoms in total. The number of hydrogen-bond donors (Lipinski definition) is 1. The van der Waals surface area contributed by atoms with Gasteiger partial charge in [-0.3, -0.25) is 5.10 Å². The highest BCUT2D eigenvalue weighted by Crippen LogP contribution is 2.34. The quantitative estimate of drug-likeness (QED) is 0.530. The number of imidazole rings is 1. The van der Waals surface area contributed by atoms with Crippen molar-refractivity contribution in [3.8, 4) is 39.8 Å². The summed E-state index contributed by atoms with van der Waals surface area (Å²) in [5.74, 6) is 1.45. The molecule has 2 heterocycles. The highest BCUT2D eigenvalue weighted by molar-refractivity contribution is 5.73. The molecule has 4 aromatic rings. The standard InChI is InChI=1S/C23H24N4O2/c1-14-7-6-8-15(2)23(14)27-13-24-22(16(27)3)20-12-19(25-26-20)18-10-9-17(28-4)11-21(18)29-5/h6-13H,1-5H3,(H,25,26). The first kappa shape index (κ1) is 18.8. The first-order chi connectivity index (χ1) is 14.0. The van der Waals surface area contributed by atoms with E-state index in [0.717, 1.165) is 34.1 Å². The van der Waals surface area contributed by atoms with E-state index in [0.29, 0.717) is 5.75 Å². The van der Waals surface area contributed by atoms with Crippen LogP contribution < -0.4 is 9.47 Å². The molecule has 0 aliphatic rings. The summed E-state index contributed by atoms with van der Waals surface area (Å²) >= 11 is 0. The fourth-order valence-corrected chi connectivity index (χ4v) is 3.68. The van der Waals surface area contributed by atoms with Gasteiger partial charge in [0, 0.05) is 17.3 Å². The lowest BCUT2D eigenvalue weighted by molar-refractivity contribution is 0.395. The number of nitrogens with zero attached hydrogens (tertiary/aromatic N) is 3. The van der Waals surface area contributed by atoms with Crippen LogP contribution in [0.15, 0.2) is 48.8 Å². The fraction of sp³-hybridized carbons (Fsp3) is 0.217. The largest absolute Gasteiger partial charge is 0.497 e. The van der Waals surface area contributed by atoms with Gasteiger partial charge in [-0.2, -0.15) is 5.10 Å². The number of methoxy groups -OCH3 is 2. The molecule has 0 fully saturated rings. The van der Waals surface area contributed by atoms with E-state index in [1.807, 2.05) is 30.6 Å². The number of aromatic nitrogens is 4. The topological polar surface area (TPSA) is 65.0 Å². The average Bonchev–Trinajstić information content (AvgIpc) is 3.34. The predicted molar refractivity (Wildman–Crippen MR) is 114 cm³/mol. The Hall–Kier alpha value is -3.54. The Labute approximate surface area is 170 Å². The maximum Gasteiger partial charge on any atom is 0.132 e. The minimum atomic E-state index is 0.709. The van der Waals surface area contributed by atoms with E-state index in [-0.39, 0.29) is 0 Å². The summed E-state index contributed by atoms with van der Waals surface area (Å²) in [6.07, 6.45) is 1.87. The Balaban J connectivity index is 1.74. The minimum Gasteiger partial charge on any atom is -0.497 e. The van der Waals surface area contributed by atoms with Gasteiger partial charge < -0.3 is 14.0 Å². The minimum absolute atomic E-state index is 0.709. The van der Waals surface area contributed by atoms with Crippen LogP contribution in [0.4, 0.5) is 0 Å². The number of H-pyrrole nitrogens is 1. The fourth-order valence-electron chi connectivity index (χ4n) is 3.68. The number of ether oxygens (including phenoxy) is 2. The number of aryl methyl sites for hydroxylation is 2. The molecule has 1 N–H and O–H groups in total. The van der Waals surface area contributed by atoms with Crippen LogP contribution in [0, 0.1) is 20.8 Å².